The average Bonchev–Trinajstić information content (AvgIpc) is 1.92. The summed E-state index contributed by atoms with van der Waals surface area (Å²) in [6.07, 6.45) is -20.5. The second-order valence-electron chi connectivity index (χ2n) is 4.82. The van der Waals surface area contributed by atoms with Gasteiger partial charge in [0.2, 0.25) is 0 Å². The molecule has 0 saturated carbocycles. The summed E-state index contributed by atoms with van der Waals surface area (Å²) in [5, 5.41) is 0. The molecule has 0 amide bonds. The molecule has 0 saturated heterocycles. The molecule has 0 bridgehead atoms. The lowest BCUT2D eigenvalue weighted by atomic mass is 9.70. The highest BCUT2D eigenvalue weighted by molar-refractivity contribution is 5.91. The first-order chi connectivity index (χ1) is 7.90. The largest absolute Gasteiger partial charge is 0.419 e. The molecule has 114 valence electrons. The van der Waals surface area contributed by atoms with Crippen LogP contribution in [0.15, 0.2) is 0 Å². The molecule has 0 heterocycles. The fraction of sp³-hybridized carbons (Fsp3) is 0.889. The van der Waals surface area contributed by atoms with E-state index in [4.69, 9.17) is 0 Å². The molecule has 0 aromatic heterocycles. The van der Waals surface area contributed by atoms with Crippen LogP contribution < -0.4 is 0 Å². The number of halogens is 9. The first-order valence-corrected chi connectivity index (χ1v) is 4.65. The Balaban J connectivity index is 6.55. The molecule has 0 radical (unpaired) electrons. The van der Waals surface area contributed by atoms with Gasteiger partial charge in [-0.25, -0.2) is 0 Å². The zero-order valence-electron chi connectivity index (χ0n) is 9.81. The van der Waals surface area contributed by atoms with E-state index in [1.165, 1.54) is 0 Å². The van der Waals surface area contributed by atoms with Gasteiger partial charge in [0.05, 0.1) is 0 Å². The van der Waals surface area contributed by atoms with Gasteiger partial charge in [0.15, 0.2) is 5.78 Å². The third kappa shape index (κ3) is 2.66. The topological polar surface area (TPSA) is 17.1 Å². The molecule has 0 rings (SSSR count). The summed E-state index contributed by atoms with van der Waals surface area (Å²) in [5.74, 6) is -2.99. The third-order valence-corrected chi connectivity index (χ3v) is 2.30. The van der Waals surface area contributed by atoms with Gasteiger partial charge in [0.1, 0.15) is 0 Å². The minimum absolute atomic E-state index is 0.549. The van der Waals surface area contributed by atoms with E-state index in [2.05, 4.69) is 0 Å². The standard InChI is InChI=1S/C9H9F9O/c1-5(2,3)4(19)6(7(10,11)12,8(13,14)15)9(16,17)18/h1-3H3. The minimum Gasteiger partial charge on any atom is -0.297 e. The maximum atomic E-state index is 12.5. The van der Waals surface area contributed by atoms with Crippen LogP contribution in [-0.4, -0.2) is 24.3 Å². The number of hydrogen-bond acceptors (Lipinski definition) is 1. The van der Waals surface area contributed by atoms with Gasteiger partial charge in [0.25, 0.3) is 0 Å². The highest BCUT2D eigenvalue weighted by Gasteiger charge is 2.88. The molecule has 19 heavy (non-hydrogen) atoms. The molecule has 0 aliphatic heterocycles. The summed E-state index contributed by atoms with van der Waals surface area (Å²) in [4.78, 5) is 11.3. The van der Waals surface area contributed by atoms with Crippen molar-refractivity contribution in [3.8, 4) is 0 Å². The van der Waals surface area contributed by atoms with Crippen LogP contribution in [-0.2, 0) is 4.79 Å². The summed E-state index contributed by atoms with van der Waals surface area (Å²) in [6.45, 7) is 1.65. The van der Waals surface area contributed by atoms with Crippen molar-refractivity contribution in [2.75, 3.05) is 0 Å². The Morgan fingerprint density at radius 3 is 0.895 bits per heavy atom. The maximum Gasteiger partial charge on any atom is 0.419 e. The second-order valence-corrected chi connectivity index (χ2v) is 4.82. The van der Waals surface area contributed by atoms with Crippen molar-refractivity contribution in [1.82, 2.24) is 0 Å². The summed E-state index contributed by atoms with van der Waals surface area (Å²) >= 11 is 0. The lowest BCUT2D eigenvalue weighted by Crippen LogP contribution is -2.66. The number of rotatable bonds is 1. The van der Waals surface area contributed by atoms with Crippen LogP contribution in [0.25, 0.3) is 0 Å². The van der Waals surface area contributed by atoms with Crippen LogP contribution in [0, 0.1) is 10.8 Å². The predicted octanol–water partition coefficient (Wildman–Crippen LogP) is 4.27. The lowest BCUT2D eigenvalue weighted by molar-refractivity contribution is -0.408. The Kier molecular flexibility index (Phi) is 4.05. The van der Waals surface area contributed by atoms with Crippen molar-refractivity contribution in [2.24, 2.45) is 10.8 Å². The summed E-state index contributed by atoms with van der Waals surface area (Å²) in [6, 6.07) is 0. The van der Waals surface area contributed by atoms with Crippen molar-refractivity contribution >= 4 is 5.78 Å². The number of ketones is 1. The van der Waals surface area contributed by atoms with Crippen molar-refractivity contribution in [1.29, 1.82) is 0 Å². The monoisotopic (exact) mass is 304 g/mol. The SMILES string of the molecule is CC(C)(C)C(=O)C(C(F)(F)F)(C(F)(F)F)C(F)(F)F. The van der Waals surface area contributed by atoms with Gasteiger partial charge in [-0.1, -0.05) is 20.8 Å². The minimum atomic E-state index is -6.84. The van der Waals surface area contributed by atoms with Crippen molar-refractivity contribution in [3.63, 3.8) is 0 Å². The molecule has 10 heteroatoms. The smallest absolute Gasteiger partial charge is 0.297 e. The first-order valence-electron chi connectivity index (χ1n) is 4.65. The number of carbonyl (C=O) groups excluding carboxylic acids is 1. The quantitative estimate of drug-likeness (QED) is 0.661. The van der Waals surface area contributed by atoms with Gasteiger partial charge in [0, 0.05) is 5.41 Å². The Morgan fingerprint density at radius 2 is 0.842 bits per heavy atom. The highest BCUT2D eigenvalue weighted by Crippen LogP contribution is 2.61. The van der Waals surface area contributed by atoms with E-state index in [1.807, 2.05) is 0 Å². The van der Waals surface area contributed by atoms with Gasteiger partial charge in [-0.15, -0.1) is 0 Å². The van der Waals surface area contributed by atoms with Crippen molar-refractivity contribution in [2.45, 2.75) is 39.3 Å². The van der Waals surface area contributed by atoms with E-state index < -0.39 is 35.1 Å². The van der Waals surface area contributed by atoms with Crippen LogP contribution in [0.4, 0.5) is 39.5 Å². The summed E-state index contributed by atoms with van der Waals surface area (Å²) in [7, 11) is 0. The number of hydrogen-bond donors (Lipinski definition) is 0. The maximum absolute atomic E-state index is 12.5. The molecule has 0 unspecified atom stereocenters. The Hall–Kier alpha value is -0.960. The van der Waals surface area contributed by atoms with E-state index in [1.54, 1.807) is 0 Å². The number of carbonyl (C=O) groups is 1. The fourth-order valence-corrected chi connectivity index (χ4v) is 1.43. The normalized spacial score (nSPS) is 15.6. The highest BCUT2D eigenvalue weighted by atomic mass is 19.4. The predicted molar refractivity (Wildman–Crippen MR) is 45.1 cm³/mol. The van der Waals surface area contributed by atoms with Gasteiger partial charge in [-0.05, 0) is 0 Å². The first kappa shape index (κ1) is 18.0. The molecule has 0 aromatic rings. The Bertz CT molecular complexity index is 316. The molecule has 0 aliphatic rings. The van der Waals surface area contributed by atoms with Crippen LogP contribution in [0.3, 0.4) is 0 Å². The zero-order chi connectivity index (χ0) is 16.1. The Labute approximate surface area is 101 Å². The number of alkyl halides is 9. The second kappa shape index (κ2) is 4.27. The molecule has 0 atom stereocenters. The van der Waals surface area contributed by atoms with Gasteiger partial charge < -0.3 is 0 Å². The van der Waals surface area contributed by atoms with Crippen LogP contribution in [0.1, 0.15) is 20.8 Å². The van der Waals surface area contributed by atoms with E-state index in [0.717, 1.165) is 0 Å². The molecular formula is C9H9F9O. The number of Topliss-reactive ketones (excluding diaryl/α,β-unsaturated/α-hetero) is 1. The van der Waals surface area contributed by atoms with Crippen molar-refractivity contribution < 1.29 is 44.3 Å². The molecule has 0 spiro atoms. The van der Waals surface area contributed by atoms with Gasteiger partial charge in [-0.3, -0.25) is 4.79 Å². The van der Waals surface area contributed by atoms with Crippen LogP contribution >= 0.6 is 0 Å². The summed E-state index contributed by atoms with van der Waals surface area (Å²) < 4.78 is 112. The molecule has 0 N–H and O–H groups in total. The molecule has 0 fully saturated rings. The average molecular weight is 304 g/mol. The van der Waals surface area contributed by atoms with Crippen molar-refractivity contribution in [3.05, 3.63) is 0 Å². The Morgan fingerprint density at radius 1 is 0.632 bits per heavy atom. The van der Waals surface area contributed by atoms with Crippen LogP contribution in [0.2, 0.25) is 0 Å². The zero-order valence-corrected chi connectivity index (χ0v) is 9.81. The molecule has 1 nitrogen and oxygen atoms in total. The lowest BCUT2D eigenvalue weighted by Gasteiger charge is -2.40. The van der Waals surface area contributed by atoms with E-state index in [0.29, 0.717) is 20.8 Å². The van der Waals surface area contributed by atoms with E-state index in [9.17, 15) is 44.3 Å². The van der Waals surface area contributed by atoms with Gasteiger partial charge >= 0.3 is 23.9 Å². The third-order valence-electron chi connectivity index (χ3n) is 2.30. The molecule has 0 aromatic carbocycles. The molecular weight excluding hydrogens is 295 g/mol. The molecule has 0 aliphatic carbocycles. The van der Waals surface area contributed by atoms with Crippen LogP contribution in [0.5, 0.6) is 0 Å². The summed E-state index contributed by atoms with van der Waals surface area (Å²) in [5.41, 5.74) is -8.87. The van der Waals surface area contributed by atoms with E-state index >= 15 is 0 Å². The fourth-order valence-electron chi connectivity index (χ4n) is 1.43. The van der Waals surface area contributed by atoms with E-state index in [-0.39, 0.29) is 0 Å². The van der Waals surface area contributed by atoms with Gasteiger partial charge in [-0.2, -0.15) is 39.5 Å².